The van der Waals surface area contributed by atoms with Gasteiger partial charge in [-0.3, -0.25) is 0 Å². The molecular weight excluding hydrogens is 226 g/mol. The molecule has 2 aromatic carbocycles. The van der Waals surface area contributed by atoms with Gasteiger partial charge < -0.3 is 15.5 Å². The van der Waals surface area contributed by atoms with E-state index in [0.717, 1.165) is 0 Å². The Morgan fingerprint density at radius 2 is 1.89 bits per heavy atom. The lowest BCUT2D eigenvalue weighted by Gasteiger charge is -2.00. The zero-order chi connectivity index (χ0) is 12.4. The molecule has 3 N–H and O–H groups in total. The van der Waals surface area contributed by atoms with Crippen LogP contribution in [0.5, 0.6) is 0 Å². The monoisotopic (exact) mass is 239 g/mol. The molecule has 0 bridgehead atoms. The molecule has 0 atom stereocenters. The SMILES string of the molecule is Nc1cccc2oc(NCc3ccccc3)nc12. The smallest absolute Gasteiger partial charge is 0.296 e. The minimum atomic E-state index is 0.492. The Morgan fingerprint density at radius 1 is 1.06 bits per heavy atom. The summed E-state index contributed by atoms with van der Waals surface area (Å²) in [5.74, 6) is 0. The molecule has 1 aromatic heterocycles. The van der Waals surface area contributed by atoms with E-state index < -0.39 is 0 Å². The number of nitrogens with one attached hydrogen (secondary N) is 1. The van der Waals surface area contributed by atoms with Gasteiger partial charge >= 0.3 is 0 Å². The number of fused-ring (bicyclic) bond motifs is 1. The quantitative estimate of drug-likeness (QED) is 0.689. The van der Waals surface area contributed by atoms with Gasteiger partial charge in [-0.25, -0.2) is 0 Å². The number of benzene rings is 2. The second-order valence-electron chi connectivity index (χ2n) is 4.05. The predicted octanol–water partition coefficient (Wildman–Crippen LogP) is 3.02. The Labute approximate surface area is 104 Å². The van der Waals surface area contributed by atoms with Crippen LogP contribution >= 0.6 is 0 Å². The molecule has 0 radical (unpaired) electrons. The lowest BCUT2D eigenvalue weighted by molar-refractivity contribution is 0.614. The zero-order valence-electron chi connectivity index (χ0n) is 9.76. The highest BCUT2D eigenvalue weighted by Crippen LogP contribution is 2.23. The van der Waals surface area contributed by atoms with Crippen LogP contribution in [-0.2, 0) is 6.54 Å². The van der Waals surface area contributed by atoms with Gasteiger partial charge in [0.25, 0.3) is 6.01 Å². The van der Waals surface area contributed by atoms with Crippen molar-refractivity contribution >= 4 is 22.8 Å². The number of oxazole rings is 1. The molecule has 0 aliphatic heterocycles. The van der Waals surface area contributed by atoms with Gasteiger partial charge in [0.15, 0.2) is 5.58 Å². The molecule has 0 aliphatic rings. The summed E-state index contributed by atoms with van der Waals surface area (Å²) in [7, 11) is 0. The van der Waals surface area contributed by atoms with Crippen molar-refractivity contribution in [2.24, 2.45) is 0 Å². The maximum absolute atomic E-state index is 5.83. The van der Waals surface area contributed by atoms with E-state index in [9.17, 15) is 0 Å². The van der Waals surface area contributed by atoms with E-state index in [1.165, 1.54) is 5.56 Å². The first-order valence-electron chi connectivity index (χ1n) is 5.76. The maximum atomic E-state index is 5.83. The molecule has 4 heteroatoms. The second-order valence-corrected chi connectivity index (χ2v) is 4.05. The highest BCUT2D eigenvalue weighted by molar-refractivity contribution is 5.86. The van der Waals surface area contributed by atoms with Crippen LogP contribution in [-0.4, -0.2) is 4.98 Å². The summed E-state index contributed by atoms with van der Waals surface area (Å²) >= 11 is 0. The lowest BCUT2D eigenvalue weighted by Crippen LogP contribution is -1.98. The standard InChI is InChI=1S/C14H13N3O/c15-11-7-4-8-12-13(11)17-14(18-12)16-9-10-5-2-1-3-6-10/h1-8H,9,15H2,(H,16,17). The number of nitrogens with zero attached hydrogens (tertiary/aromatic N) is 1. The number of para-hydroxylation sites is 1. The van der Waals surface area contributed by atoms with E-state index in [-0.39, 0.29) is 0 Å². The van der Waals surface area contributed by atoms with Crippen molar-refractivity contribution in [3.63, 3.8) is 0 Å². The number of nitrogen functional groups attached to an aromatic ring is 1. The summed E-state index contributed by atoms with van der Waals surface area (Å²) in [5, 5.41) is 3.14. The largest absolute Gasteiger partial charge is 0.423 e. The first-order chi connectivity index (χ1) is 8.83. The van der Waals surface area contributed by atoms with Crippen LogP contribution in [0, 0.1) is 0 Å². The first-order valence-corrected chi connectivity index (χ1v) is 5.76. The number of rotatable bonds is 3. The molecule has 0 fully saturated rings. The molecule has 18 heavy (non-hydrogen) atoms. The fraction of sp³-hybridized carbons (Fsp3) is 0.0714. The van der Waals surface area contributed by atoms with E-state index in [1.54, 1.807) is 0 Å². The molecule has 90 valence electrons. The second kappa shape index (κ2) is 4.41. The van der Waals surface area contributed by atoms with E-state index in [4.69, 9.17) is 10.2 Å². The lowest BCUT2D eigenvalue weighted by atomic mass is 10.2. The minimum absolute atomic E-state index is 0.492. The summed E-state index contributed by atoms with van der Waals surface area (Å²) in [5.41, 5.74) is 9.03. The van der Waals surface area contributed by atoms with Crippen molar-refractivity contribution in [2.45, 2.75) is 6.54 Å². The Kier molecular flexibility index (Phi) is 2.61. The summed E-state index contributed by atoms with van der Waals surface area (Å²) in [6.45, 7) is 0.674. The summed E-state index contributed by atoms with van der Waals surface area (Å²) in [6, 6.07) is 16.1. The van der Waals surface area contributed by atoms with E-state index in [0.29, 0.717) is 29.3 Å². The third-order valence-corrected chi connectivity index (χ3v) is 2.74. The summed E-state index contributed by atoms with van der Waals surface area (Å²) < 4.78 is 5.57. The topological polar surface area (TPSA) is 64.1 Å². The molecule has 0 amide bonds. The van der Waals surface area contributed by atoms with Crippen molar-refractivity contribution in [1.29, 1.82) is 0 Å². The van der Waals surface area contributed by atoms with Crippen LogP contribution in [0.1, 0.15) is 5.56 Å². The molecular formula is C14H13N3O. The van der Waals surface area contributed by atoms with Crippen LogP contribution in [0.2, 0.25) is 0 Å². The van der Waals surface area contributed by atoms with Crippen molar-refractivity contribution in [1.82, 2.24) is 4.98 Å². The Morgan fingerprint density at radius 3 is 2.67 bits per heavy atom. The van der Waals surface area contributed by atoms with Crippen LogP contribution < -0.4 is 11.1 Å². The van der Waals surface area contributed by atoms with E-state index in [1.807, 2.05) is 48.5 Å². The Balaban J connectivity index is 1.81. The molecule has 0 spiro atoms. The minimum Gasteiger partial charge on any atom is -0.423 e. The van der Waals surface area contributed by atoms with Crippen LogP contribution in [0.15, 0.2) is 52.9 Å². The van der Waals surface area contributed by atoms with Crippen LogP contribution in [0.4, 0.5) is 11.7 Å². The van der Waals surface area contributed by atoms with Crippen molar-refractivity contribution in [2.75, 3.05) is 11.1 Å². The van der Waals surface area contributed by atoms with Gasteiger partial charge in [-0.1, -0.05) is 36.4 Å². The van der Waals surface area contributed by atoms with Crippen molar-refractivity contribution in [3.05, 3.63) is 54.1 Å². The normalized spacial score (nSPS) is 10.7. The number of nitrogens with two attached hydrogens (primary N) is 1. The van der Waals surface area contributed by atoms with Gasteiger partial charge in [-0.05, 0) is 17.7 Å². The average Bonchev–Trinajstić information content (AvgIpc) is 2.82. The maximum Gasteiger partial charge on any atom is 0.296 e. The van der Waals surface area contributed by atoms with Crippen molar-refractivity contribution in [3.8, 4) is 0 Å². The van der Waals surface area contributed by atoms with Gasteiger partial charge in [-0.2, -0.15) is 4.98 Å². The predicted molar refractivity (Wildman–Crippen MR) is 72.2 cm³/mol. The Bertz CT molecular complexity index is 661. The third-order valence-electron chi connectivity index (χ3n) is 2.74. The third kappa shape index (κ3) is 2.00. The highest BCUT2D eigenvalue weighted by Gasteiger charge is 2.07. The van der Waals surface area contributed by atoms with Crippen molar-refractivity contribution < 1.29 is 4.42 Å². The fourth-order valence-corrected chi connectivity index (χ4v) is 1.82. The molecule has 1 heterocycles. The molecule has 3 rings (SSSR count). The molecule has 0 saturated carbocycles. The molecule has 0 unspecified atom stereocenters. The molecule has 3 aromatic rings. The van der Waals surface area contributed by atoms with Crippen LogP contribution in [0.25, 0.3) is 11.1 Å². The highest BCUT2D eigenvalue weighted by atomic mass is 16.4. The number of anilines is 2. The zero-order valence-corrected chi connectivity index (χ0v) is 9.76. The van der Waals surface area contributed by atoms with E-state index >= 15 is 0 Å². The first kappa shape index (κ1) is 10.7. The van der Waals surface area contributed by atoms with Gasteiger partial charge in [0, 0.05) is 6.54 Å². The number of hydrogen-bond acceptors (Lipinski definition) is 4. The molecule has 4 nitrogen and oxygen atoms in total. The summed E-state index contributed by atoms with van der Waals surface area (Å²) in [6.07, 6.45) is 0. The molecule has 0 aliphatic carbocycles. The number of aromatic nitrogens is 1. The molecule has 0 saturated heterocycles. The van der Waals surface area contributed by atoms with Crippen LogP contribution in [0.3, 0.4) is 0 Å². The fourth-order valence-electron chi connectivity index (χ4n) is 1.82. The van der Waals surface area contributed by atoms with Gasteiger partial charge in [0.1, 0.15) is 5.52 Å². The summed E-state index contributed by atoms with van der Waals surface area (Å²) in [4.78, 5) is 4.32. The van der Waals surface area contributed by atoms with E-state index in [2.05, 4.69) is 10.3 Å². The average molecular weight is 239 g/mol. The number of hydrogen-bond donors (Lipinski definition) is 2. The van der Waals surface area contributed by atoms with Gasteiger partial charge in [0.05, 0.1) is 5.69 Å². The Hall–Kier alpha value is -2.49. The van der Waals surface area contributed by atoms with Gasteiger partial charge in [-0.15, -0.1) is 0 Å². The van der Waals surface area contributed by atoms with Gasteiger partial charge in [0.2, 0.25) is 0 Å².